The second-order valence-corrected chi connectivity index (χ2v) is 9.13. The first-order chi connectivity index (χ1) is 14.3. The molecule has 0 aliphatic carbocycles. The van der Waals surface area contributed by atoms with Gasteiger partial charge in [0, 0.05) is 22.2 Å². The van der Waals surface area contributed by atoms with Gasteiger partial charge in [0.25, 0.3) is 0 Å². The van der Waals surface area contributed by atoms with Gasteiger partial charge in [0.15, 0.2) is 0 Å². The molecule has 7 heteroatoms. The summed E-state index contributed by atoms with van der Waals surface area (Å²) >= 11 is 6.17. The summed E-state index contributed by atoms with van der Waals surface area (Å²) < 4.78 is 46.5. The Balaban J connectivity index is 2.08. The standard InChI is InChI=1S/C23H17ClFNO3S/c1-14-6-8-18(12-20(14)24)30(27,28)22-13-26-21-9-7-16(25)11-19(21)23(22)15-4-3-5-17(10-15)29-2/h3-13H,1-2H3. The molecule has 0 aliphatic heterocycles. The predicted octanol–water partition coefficient (Wildman–Crippen LogP) is 5.84. The van der Waals surface area contributed by atoms with E-state index in [0.29, 0.717) is 32.8 Å². The van der Waals surface area contributed by atoms with Crippen molar-refractivity contribution in [2.75, 3.05) is 7.11 Å². The molecule has 4 nitrogen and oxygen atoms in total. The van der Waals surface area contributed by atoms with Gasteiger partial charge in [-0.25, -0.2) is 12.8 Å². The molecule has 0 fully saturated rings. The third-order valence-electron chi connectivity index (χ3n) is 4.90. The zero-order valence-electron chi connectivity index (χ0n) is 16.2. The fraction of sp³-hybridized carbons (Fsp3) is 0.0870. The highest BCUT2D eigenvalue weighted by Gasteiger charge is 2.25. The van der Waals surface area contributed by atoms with E-state index >= 15 is 0 Å². The van der Waals surface area contributed by atoms with Gasteiger partial charge in [0.2, 0.25) is 9.84 Å². The number of pyridine rings is 1. The minimum absolute atomic E-state index is 0.0335. The molecule has 0 saturated carbocycles. The van der Waals surface area contributed by atoms with Crippen molar-refractivity contribution in [2.45, 2.75) is 16.7 Å². The van der Waals surface area contributed by atoms with Gasteiger partial charge in [-0.05, 0) is 60.5 Å². The van der Waals surface area contributed by atoms with E-state index < -0.39 is 15.7 Å². The number of aromatic nitrogens is 1. The minimum Gasteiger partial charge on any atom is -0.497 e. The van der Waals surface area contributed by atoms with Crippen LogP contribution >= 0.6 is 11.6 Å². The minimum atomic E-state index is -3.99. The van der Waals surface area contributed by atoms with Crippen LogP contribution in [0.3, 0.4) is 0 Å². The molecule has 0 N–H and O–H groups in total. The Morgan fingerprint density at radius 1 is 1.03 bits per heavy atom. The number of nitrogens with zero attached hydrogens (tertiary/aromatic N) is 1. The lowest BCUT2D eigenvalue weighted by atomic mass is 10.0. The first kappa shape index (κ1) is 20.3. The Morgan fingerprint density at radius 2 is 1.83 bits per heavy atom. The van der Waals surface area contributed by atoms with Crippen molar-refractivity contribution in [2.24, 2.45) is 0 Å². The highest BCUT2D eigenvalue weighted by Crippen LogP contribution is 2.38. The summed E-state index contributed by atoms with van der Waals surface area (Å²) in [5.41, 5.74) is 2.18. The maximum atomic E-state index is 14.1. The summed E-state index contributed by atoms with van der Waals surface area (Å²) in [4.78, 5) is 4.28. The summed E-state index contributed by atoms with van der Waals surface area (Å²) in [5.74, 6) is 0.0666. The number of hydrogen-bond donors (Lipinski definition) is 0. The molecule has 4 aromatic rings. The Labute approximate surface area is 178 Å². The van der Waals surface area contributed by atoms with Crippen molar-refractivity contribution in [3.05, 3.63) is 83.3 Å². The third kappa shape index (κ3) is 3.53. The van der Waals surface area contributed by atoms with Crippen LogP contribution in [-0.2, 0) is 9.84 Å². The molecule has 0 atom stereocenters. The molecular formula is C23H17ClFNO3S. The zero-order valence-corrected chi connectivity index (χ0v) is 17.8. The molecule has 0 saturated heterocycles. The highest BCUT2D eigenvalue weighted by atomic mass is 35.5. The van der Waals surface area contributed by atoms with E-state index in [9.17, 15) is 12.8 Å². The average Bonchev–Trinajstić information content (AvgIpc) is 2.74. The van der Waals surface area contributed by atoms with E-state index in [0.717, 1.165) is 5.56 Å². The Hall–Kier alpha value is -2.96. The number of halogens is 2. The van der Waals surface area contributed by atoms with Gasteiger partial charge in [-0.3, -0.25) is 4.98 Å². The summed E-state index contributed by atoms with van der Waals surface area (Å²) in [6, 6.07) is 15.6. The van der Waals surface area contributed by atoms with Gasteiger partial charge in [-0.2, -0.15) is 0 Å². The topological polar surface area (TPSA) is 56.3 Å². The maximum Gasteiger partial charge on any atom is 0.208 e. The lowest BCUT2D eigenvalue weighted by Gasteiger charge is -2.15. The Kier molecular flexibility index (Phi) is 5.22. The van der Waals surface area contributed by atoms with Crippen LogP contribution in [0.25, 0.3) is 22.0 Å². The van der Waals surface area contributed by atoms with E-state index in [1.54, 1.807) is 37.3 Å². The lowest BCUT2D eigenvalue weighted by molar-refractivity contribution is 0.415. The number of hydrogen-bond acceptors (Lipinski definition) is 4. The largest absolute Gasteiger partial charge is 0.497 e. The lowest BCUT2D eigenvalue weighted by Crippen LogP contribution is -2.06. The molecule has 0 radical (unpaired) electrons. The fourth-order valence-corrected chi connectivity index (χ4v) is 5.00. The molecule has 1 aromatic heterocycles. The number of ether oxygens (including phenoxy) is 1. The van der Waals surface area contributed by atoms with Gasteiger partial charge in [0.1, 0.15) is 11.6 Å². The van der Waals surface area contributed by atoms with E-state index in [4.69, 9.17) is 16.3 Å². The van der Waals surface area contributed by atoms with Crippen molar-refractivity contribution < 1.29 is 17.5 Å². The first-order valence-corrected chi connectivity index (χ1v) is 10.9. The number of benzene rings is 3. The van der Waals surface area contributed by atoms with Crippen LogP contribution in [0.1, 0.15) is 5.56 Å². The zero-order chi connectivity index (χ0) is 21.5. The van der Waals surface area contributed by atoms with Gasteiger partial charge in [-0.1, -0.05) is 29.8 Å². The van der Waals surface area contributed by atoms with Crippen LogP contribution in [-0.4, -0.2) is 20.5 Å². The molecule has 0 amide bonds. The predicted molar refractivity (Wildman–Crippen MR) is 115 cm³/mol. The van der Waals surface area contributed by atoms with Crippen molar-refractivity contribution in [1.29, 1.82) is 0 Å². The van der Waals surface area contributed by atoms with Gasteiger partial charge >= 0.3 is 0 Å². The number of methoxy groups -OCH3 is 1. The molecule has 30 heavy (non-hydrogen) atoms. The molecule has 0 bridgehead atoms. The second kappa shape index (κ2) is 7.70. The molecule has 1 heterocycles. The van der Waals surface area contributed by atoms with E-state index in [1.165, 1.54) is 43.6 Å². The first-order valence-electron chi connectivity index (χ1n) is 9.05. The highest BCUT2D eigenvalue weighted by molar-refractivity contribution is 7.91. The van der Waals surface area contributed by atoms with Crippen molar-refractivity contribution in [3.63, 3.8) is 0 Å². The van der Waals surface area contributed by atoms with Crippen LogP contribution in [0.4, 0.5) is 4.39 Å². The monoisotopic (exact) mass is 441 g/mol. The fourth-order valence-electron chi connectivity index (χ4n) is 3.29. The summed E-state index contributed by atoms with van der Waals surface area (Å²) in [6.07, 6.45) is 1.30. The van der Waals surface area contributed by atoms with E-state index in [-0.39, 0.29) is 9.79 Å². The molecule has 0 spiro atoms. The van der Waals surface area contributed by atoms with Crippen molar-refractivity contribution in [1.82, 2.24) is 4.98 Å². The molecule has 0 unspecified atom stereocenters. The van der Waals surface area contributed by atoms with Crippen LogP contribution in [0, 0.1) is 12.7 Å². The number of aryl methyl sites for hydroxylation is 1. The molecule has 4 rings (SSSR count). The van der Waals surface area contributed by atoms with E-state index in [2.05, 4.69) is 4.98 Å². The molecule has 0 aliphatic rings. The molecule has 3 aromatic carbocycles. The van der Waals surface area contributed by atoms with Gasteiger partial charge < -0.3 is 4.74 Å². The van der Waals surface area contributed by atoms with Gasteiger partial charge in [-0.15, -0.1) is 0 Å². The number of fused-ring (bicyclic) bond motifs is 1. The van der Waals surface area contributed by atoms with Crippen LogP contribution in [0.2, 0.25) is 5.02 Å². The normalized spacial score (nSPS) is 11.6. The van der Waals surface area contributed by atoms with Crippen LogP contribution in [0.5, 0.6) is 5.75 Å². The van der Waals surface area contributed by atoms with Crippen LogP contribution in [0.15, 0.2) is 76.7 Å². The Bertz CT molecular complexity index is 1390. The smallest absolute Gasteiger partial charge is 0.208 e. The Morgan fingerprint density at radius 3 is 2.57 bits per heavy atom. The maximum absolute atomic E-state index is 14.1. The summed E-state index contributed by atoms with van der Waals surface area (Å²) in [5, 5.41) is 0.737. The quantitative estimate of drug-likeness (QED) is 0.399. The summed E-state index contributed by atoms with van der Waals surface area (Å²) in [7, 11) is -2.47. The van der Waals surface area contributed by atoms with Crippen molar-refractivity contribution in [3.8, 4) is 16.9 Å². The van der Waals surface area contributed by atoms with Crippen LogP contribution < -0.4 is 4.74 Å². The third-order valence-corrected chi connectivity index (χ3v) is 7.07. The second-order valence-electron chi connectivity index (χ2n) is 6.81. The number of rotatable bonds is 4. The van der Waals surface area contributed by atoms with Gasteiger partial charge in [0.05, 0.1) is 22.4 Å². The average molecular weight is 442 g/mol. The van der Waals surface area contributed by atoms with E-state index in [1.807, 2.05) is 0 Å². The summed E-state index contributed by atoms with van der Waals surface area (Å²) in [6.45, 7) is 1.79. The number of sulfone groups is 1. The molecular weight excluding hydrogens is 425 g/mol. The SMILES string of the molecule is COc1cccc(-c2c(S(=O)(=O)c3ccc(C)c(Cl)c3)cnc3ccc(F)cc23)c1. The molecule has 152 valence electrons. The van der Waals surface area contributed by atoms with Crippen molar-refractivity contribution >= 4 is 32.3 Å².